The molecular weight excluding hydrogens is 361 g/mol. The predicted molar refractivity (Wildman–Crippen MR) is 88.5 cm³/mol. The number of aromatic nitrogens is 1. The molecule has 23 heavy (non-hydrogen) atoms. The van der Waals surface area contributed by atoms with Crippen molar-refractivity contribution in [2.24, 2.45) is 0 Å². The minimum atomic E-state index is -0.508. The molecule has 0 fully saturated rings. The monoisotopic (exact) mass is 373 g/mol. The number of pyridine rings is 1. The SMILES string of the molecule is C[C@H](NC(=O)/C(C#N)=C/c1cccc(Br)n1)c1ccc(F)cc1. The van der Waals surface area contributed by atoms with E-state index in [1.807, 2.05) is 6.07 Å². The molecule has 0 saturated carbocycles. The minimum Gasteiger partial charge on any atom is -0.345 e. The molecular formula is C17H13BrFN3O. The molecule has 4 nitrogen and oxygen atoms in total. The number of amides is 1. The van der Waals surface area contributed by atoms with Gasteiger partial charge in [-0.3, -0.25) is 4.79 Å². The number of hydrogen-bond acceptors (Lipinski definition) is 3. The van der Waals surface area contributed by atoms with Crippen LogP contribution in [0.25, 0.3) is 6.08 Å². The second-order valence-electron chi connectivity index (χ2n) is 4.80. The lowest BCUT2D eigenvalue weighted by Gasteiger charge is -2.13. The van der Waals surface area contributed by atoms with E-state index < -0.39 is 5.91 Å². The number of nitriles is 1. The van der Waals surface area contributed by atoms with E-state index in [1.54, 1.807) is 37.3 Å². The zero-order chi connectivity index (χ0) is 16.8. The molecule has 1 N–H and O–H groups in total. The molecule has 0 aliphatic rings. The third-order valence-electron chi connectivity index (χ3n) is 3.11. The molecule has 1 heterocycles. The molecule has 0 radical (unpaired) electrons. The summed E-state index contributed by atoms with van der Waals surface area (Å²) in [7, 11) is 0. The Morgan fingerprint density at radius 3 is 2.65 bits per heavy atom. The van der Waals surface area contributed by atoms with Gasteiger partial charge in [0.15, 0.2) is 0 Å². The summed E-state index contributed by atoms with van der Waals surface area (Å²) in [6.07, 6.45) is 1.41. The fraction of sp³-hybridized carbons (Fsp3) is 0.118. The number of rotatable bonds is 4. The lowest BCUT2D eigenvalue weighted by molar-refractivity contribution is -0.117. The van der Waals surface area contributed by atoms with E-state index in [0.717, 1.165) is 5.56 Å². The lowest BCUT2D eigenvalue weighted by atomic mass is 10.1. The van der Waals surface area contributed by atoms with Gasteiger partial charge in [0.05, 0.1) is 11.7 Å². The van der Waals surface area contributed by atoms with Crippen LogP contribution in [0.2, 0.25) is 0 Å². The Bertz CT molecular complexity index is 781. The second kappa shape index (κ2) is 7.65. The van der Waals surface area contributed by atoms with Crippen molar-refractivity contribution in [3.63, 3.8) is 0 Å². The van der Waals surface area contributed by atoms with Crippen LogP contribution >= 0.6 is 15.9 Å². The van der Waals surface area contributed by atoms with Crippen molar-refractivity contribution in [2.75, 3.05) is 0 Å². The smallest absolute Gasteiger partial charge is 0.262 e. The van der Waals surface area contributed by atoms with Crippen LogP contribution in [0.3, 0.4) is 0 Å². The van der Waals surface area contributed by atoms with Gasteiger partial charge in [0.25, 0.3) is 5.91 Å². The maximum Gasteiger partial charge on any atom is 0.262 e. The number of nitrogens with zero attached hydrogens (tertiary/aromatic N) is 2. The maximum atomic E-state index is 12.9. The van der Waals surface area contributed by atoms with E-state index in [1.165, 1.54) is 18.2 Å². The van der Waals surface area contributed by atoms with Gasteiger partial charge in [0, 0.05) is 0 Å². The van der Waals surface area contributed by atoms with E-state index in [4.69, 9.17) is 0 Å². The molecule has 116 valence electrons. The zero-order valence-electron chi connectivity index (χ0n) is 12.3. The van der Waals surface area contributed by atoms with Crippen molar-refractivity contribution in [3.8, 4) is 6.07 Å². The van der Waals surface area contributed by atoms with Gasteiger partial charge in [-0.1, -0.05) is 18.2 Å². The van der Waals surface area contributed by atoms with Gasteiger partial charge in [-0.2, -0.15) is 5.26 Å². The van der Waals surface area contributed by atoms with Crippen LogP contribution in [0.5, 0.6) is 0 Å². The summed E-state index contributed by atoms with van der Waals surface area (Å²) >= 11 is 3.23. The molecule has 1 aromatic heterocycles. The first-order valence-corrected chi connectivity index (χ1v) is 7.59. The van der Waals surface area contributed by atoms with Gasteiger partial charge in [-0.15, -0.1) is 0 Å². The summed E-state index contributed by atoms with van der Waals surface area (Å²) in [5.41, 5.74) is 1.20. The van der Waals surface area contributed by atoms with Crippen LogP contribution in [0.4, 0.5) is 4.39 Å². The van der Waals surface area contributed by atoms with Crippen molar-refractivity contribution >= 4 is 27.9 Å². The van der Waals surface area contributed by atoms with E-state index in [2.05, 4.69) is 26.2 Å². The maximum absolute atomic E-state index is 12.9. The Kier molecular flexibility index (Phi) is 5.61. The lowest BCUT2D eigenvalue weighted by Crippen LogP contribution is -2.27. The number of hydrogen-bond donors (Lipinski definition) is 1. The Labute approximate surface area is 141 Å². The van der Waals surface area contributed by atoms with Gasteiger partial charge < -0.3 is 5.32 Å². The first-order chi connectivity index (χ1) is 11.0. The van der Waals surface area contributed by atoms with Crippen LogP contribution in [-0.2, 0) is 4.79 Å². The molecule has 0 aliphatic carbocycles. The Balaban J connectivity index is 2.14. The quantitative estimate of drug-likeness (QED) is 0.503. The highest BCUT2D eigenvalue weighted by molar-refractivity contribution is 9.10. The van der Waals surface area contributed by atoms with Gasteiger partial charge in [0.2, 0.25) is 0 Å². The Hall–Kier alpha value is -2.52. The van der Waals surface area contributed by atoms with E-state index >= 15 is 0 Å². The third kappa shape index (κ3) is 4.73. The first-order valence-electron chi connectivity index (χ1n) is 6.80. The Morgan fingerprint density at radius 1 is 1.35 bits per heavy atom. The van der Waals surface area contributed by atoms with Crippen molar-refractivity contribution < 1.29 is 9.18 Å². The average molecular weight is 374 g/mol. The third-order valence-corrected chi connectivity index (χ3v) is 3.55. The molecule has 1 amide bonds. The number of carbonyl (C=O) groups is 1. The molecule has 0 saturated heterocycles. The predicted octanol–water partition coefficient (Wildman–Crippen LogP) is 3.77. The topological polar surface area (TPSA) is 65.8 Å². The highest BCUT2D eigenvalue weighted by atomic mass is 79.9. The zero-order valence-corrected chi connectivity index (χ0v) is 13.8. The molecule has 2 rings (SSSR count). The normalized spacial score (nSPS) is 12.3. The number of carbonyl (C=O) groups excluding carboxylic acids is 1. The summed E-state index contributed by atoms with van der Waals surface area (Å²) in [6, 6.07) is 12.5. The van der Waals surface area contributed by atoms with Crippen molar-refractivity contribution in [2.45, 2.75) is 13.0 Å². The van der Waals surface area contributed by atoms with Crippen LogP contribution in [0.1, 0.15) is 24.2 Å². The van der Waals surface area contributed by atoms with Crippen LogP contribution in [0.15, 0.2) is 52.6 Å². The van der Waals surface area contributed by atoms with E-state index in [0.29, 0.717) is 10.3 Å². The van der Waals surface area contributed by atoms with Crippen molar-refractivity contribution in [3.05, 3.63) is 69.7 Å². The molecule has 0 aliphatic heterocycles. The summed E-state index contributed by atoms with van der Waals surface area (Å²) in [6.45, 7) is 1.76. The minimum absolute atomic E-state index is 0.0513. The number of halogens is 2. The fourth-order valence-corrected chi connectivity index (χ4v) is 2.27. The summed E-state index contributed by atoms with van der Waals surface area (Å²) in [5, 5.41) is 11.9. The fourth-order valence-electron chi connectivity index (χ4n) is 1.91. The van der Waals surface area contributed by atoms with Crippen LogP contribution in [-0.4, -0.2) is 10.9 Å². The van der Waals surface area contributed by atoms with E-state index in [-0.39, 0.29) is 17.4 Å². The molecule has 1 atom stereocenters. The molecule has 0 spiro atoms. The largest absolute Gasteiger partial charge is 0.345 e. The average Bonchev–Trinajstić information content (AvgIpc) is 2.53. The Morgan fingerprint density at radius 2 is 2.04 bits per heavy atom. The molecule has 0 bridgehead atoms. The van der Waals surface area contributed by atoms with Crippen LogP contribution < -0.4 is 5.32 Å². The summed E-state index contributed by atoms with van der Waals surface area (Å²) in [5.74, 6) is -0.850. The molecule has 1 aromatic carbocycles. The molecule has 6 heteroatoms. The van der Waals surface area contributed by atoms with Gasteiger partial charge >= 0.3 is 0 Å². The summed E-state index contributed by atoms with van der Waals surface area (Å²) < 4.78 is 13.5. The highest BCUT2D eigenvalue weighted by Gasteiger charge is 2.14. The van der Waals surface area contributed by atoms with Crippen molar-refractivity contribution in [1.29, 1.82) is 5.26 Å². The summed E-state index contributed by atoms with van der Waals surface area (Å²) in [4.78, 5) is 16.4. The first kappa shape index (κ1) is 16.8. The molecule has 0 unspecified atom stereocenters. The van der Waals surface area contributed by atoms with Gasteiger partial charge in [-0.25, -0.2) is 9.37 Å². The highest BCUT2D eigenvalue weighted by Crippen LogP contribution is 2.14. The van der Waals surface area contributed by atoms with Crippen LogP contribution in [0, 0.1) is 17.1 Å². The van der Waals surface area contributed by atoms with Crippen molar-refractivity contribution in [1.82, 2.24) is 10.3 Å². The molecule has 2 aromatic rings. The number of benzene rings is 1. The van der Waals surface area contributed by atoms with E-state index in [9.17, 15) is 14.4 Å². The van der Waals surface area contributed by atoms with Gasteiger partial charge in [-0.05, 0) is 58.8 Å². The van der Waals surface area contributed by atoms with Gasteiger partial charge in [0.1, 0.15) is 22.1 Å². The standard InChI is InChI=1S/C17H13BrFN3O/c1-11(12-5-7-14(19)8-6-12)21-17(23)13(10-20)9-15-3-2-4-16(18)22-15/h2-9,11H,1H3,(H,21,23)/b13-9+/t11-/m0/s1. The number of nitrogens with one attached hydrogen (secondary N) is 1. The second-order valence-corrected chi connectivity index (χ2v) is 5.61.